The first-order valence-corrected chi connectivity index (χ1v) is 6.25. The maximum atomic E-state index is 14.1. The second kappa shape index (κ2) is 5.54. The molecule has 21 heavy (non-hydrogen) atoms. The highest BCUT2D eigenvalue weighted by Crippen LogP contribution is 2.32. The Morgan fingerprint density at radius 1 is 1.05 bits per heavy atom. The zero-order valence-corrected chi connectivity index (χ0v) is 11.6. The van der Waals surface area contributed by atoms with Gasteiger partial charge in [0.25, 0.3) is 0 Å². The van der Waals surface area contributed by atoms with Gasteiger partial charge in [-0.15, -0.1) is 0 Å². The van der Waals surface area contributed by atoms with Gasteiger partial charge >= 0.3 is 11.9 Å². The van der Waals surface area contributed by atoms with Crippen molar-refractivity contribution >= 4 is 23.5 Å². The van der Waals surface area contributed by atoms with Crippen LogP contribution in [-0.4, -0.2) is 22.2 Å². The molecule has 0 saturated carbocycles. The molecule has 0 saturated heterocycles. The molecular weight excluding hydrogens is 299 g/mol. The highest BCUT2D eigenvalue weighted by molar-refractivity contribution is 6.30. The van der Waals surface area contributed by atoms with Crippen LogP contribution >= 0.6 is 11.6 Å². The SMILES string of the molecule is Cc1cc(C(=O)O)c(-c2ccc(Cl)cc2F)c(C(=O)O)c1. The fraction of sp³-hybridized carbons (Fsp3) is 0.0667. The van der Waals surface area contributed by atoms with Crippen LogP contribution in [0.15, 0.2) is 30.3 Å². The lowest BCUT2D eigenvalue weighted by molar-refractivity contribution is 0.0696. The van der Waals surface area contributed by atoms with Gasteiger partial charge < -0.3 is 10.2 Å². The first kappa shape index (κ1) is 15.0. The standard InChI is InChI=1S/C15H10ClFO4/c1-7-4-10(14(18)19)13(11(5-7)15(20)21)9-3-2-8(16)6-12(9)17/h2-6H,1H3,(H,18,19)(H,20,21). The Morgan fingerprint density at radius 2 is 1.57 bits per heavy atom. The third-order valence-corrected chi connectivity index (χ3v) is 3.18. The van der Waals surface area contributed by atoms with Gasteiger partial charge in [0.2, 0.25) is 0 Å². The van der Waals surface area contributed by atoms with Crippen molar-refractivity contribution in [3.05, 3.63) is 57.9 Å². The van der Waals surface area contributed by atoms with E-state index in [9.17, 15) is 24.2 Å². The molecular formula is C15H10ClFO4. The van der Waals surface area contributed by atoms with E-state index >= 15 is 0 Å². The Hall–Kier alpha value is -2.40. The van der Waals surface area contributed by atoms with E-state index in [1.807, 2.05) is 0 Å². The number of hydrogen-bond donors (Lipinski definition) is 2. The Balaban J connectivity index is 2.88. The van der Waals surface area contributed by atoms with E-state index in [0.717, 1.165) is 6.07 Å². The van der Waals surface area contributed by atoms with E-state index in [1.54, 1.807) is 6.92 Å². The van der Waals surface area contributed by atoms with E-state index < -0.39 is 17.8 Å². The number of benzene rings is 2. The van der Waals surface area contributed by atoms with Crippen LogP contribution in [0.3, 0.4) is 0 Å². The zero-order valence-electron chi connectivity index (χ0n) is 10.9. The highest BCUT2D eigenvalue weighted by atomic mass is 35.5. The van der Waals surface area contributed by atoms with Gasteiger partial charge in [0.15, 0.2) is 0 Å². The predicted molar refractivity (Wildman–Crippen MR) is 75.5 cm³/mol. The quantitative estimate of drug-likeness (QED) is 0.903. The lowest BCUT2D eigenvalue weighted by atomic mass is 9.92. The van der Waals surface area contributed by atoms with Crippen molar-refractivity contribution in [1.82, 2.24) is 0 Å². The van der Waals surface area contributed by atoms with E-state index in [2.05, 4.69) is 0 Å². The Kier molecular flexibility index (Phi) is 3.95. The first-order valence-electron chi connectivity index (χ1n) is 5.88. The molecule has 0 radical (unpaired) electrons. The number of carbonyl (C=O) groups is 2. The summed E-state index contributed by atoms with van der Waals surface area (Å²) in [4.78, 5) is 22.7. The van der Waals surface area contributed by atoms with Crippen LogP contribution in [0.1, 0.15) is 26.3 Å². The monoisotopic (exact) mass is 308 g/mol. The molecule has 0 aliphatic carbocycles. The largest absolute Gasteiger partial charge is 0.478 e. The molecule has 0 fully saturated rings. The Bertz CT molecular complexity index is 720. The maximum Gasteiger partial charge on any atom is 0.336 e. The van der Waals surface area contributed by atoms with Crippen LogP contribution in [-0.2, 0) is 0 Å². The number of rotatable bonds is 3. The first-order chi connectivity index (χ1) is 9.81. The molecule has 0 bridgehead atoms. The topological polar surface area (TPSA) is 74.6 Å². The lowest BCUT2D eigenvalue weighted by Gasteiger charge is -2.12. The molecule has 0 heterocycles. The minimum absolute atomic E-state index is 0.116. The average molecular weight is 309 g/mol. The summed E-state index contributed by atoms with van der Waals surface area (Å²) in [7, 11) is 0. The van der Waals surface area contributed by atoms with Crippen molar-refractivity contribution < 1.29 is 24.2 Å². The second-order valence-corrected chi connectivity index (χ2v) is 4.91. The van der Waals surface area contributed by atoms with E-state index in [4.69, 9.17) is 11.6 Å². The molecule has 2 aromatic rings. The van der Waals surface area contributed by atoms with Gasteiger partial charge in [-0.1, -0.05) is 11.6 Å². The van der Waals surface area contributed by atoms with Crippen LogP contribution in [0.2, 0.25) is 5.02 Å². The molecule has 0 unspecified atom stereocenters. The fourth-order valence-electron chi connectivity index (χ4n) is 2.11. The van der Waals surface area contributed by atoms with Gasteiger partial charge in [0.1, 0.15) is 5.82 Å². The summed E-state index contributed by atoms with van der Waals surface area (Å²) < 4.78 is 14.1. The summed E-state index contributed by atoms with van der Waals surface area (Å²) in [5.74, 6) is -3.44. The summed E-state index contributed by atoms with van der Waals surface area (Å²) >= 11 is 5.66. The summed E-state index contributed by atoms with van der Waals surface area (Å²) in [6.07, 6.45) is 0. The molecule has 0 spiro atoms. The Morgan fingerprint density at radius 3 is 2.00 bits per heavy atom. The molecule has 0 aliphatic heterocycles. The van der Waals surface area contributed by atoms with E-state index in [-0.39, 0.29) is 27.3 Å². The van der Waals surface area contributed by atoms with E-state index in [1.165, 1.54) is 24.3 Å². The summed E-state index contributed by atoms with van der Waals surface area (Å²) in [6.45, 7) is 1.57. The van der Waals surface area contributed by atoms with Crippen molar-refractivity contribution in [2.75, 3.05) is 0 Å². The van der Waals surface area contributed by atoms with Crippen molar-refractivity contribution in [3.8, 4) is 11.1 Å². The summed E-state index contributed by atoms with van der Waals surface area (Å²) in [5, 5.41) is 18.7. The van der Waals surface area contributed by atoms with Gasteiger partial charge in [0.05, 0.1) is 11.1 Å². The Labute approximate surface area is 124 Å². The molecule has 6 heteroatoms. The molecule has 2 N–H and O–H groups in total. The minimum Gasteiger partial charge on any atom is -0.478 e. The smallest absolute Gasteiger partial charge is 0.336 e. The van der Waals surface area contributed by atoms with Gasteiger partial charge in [-0.3, -0.25) is 0 Å². The normalized spacial score (nSPS) is 10.4. The number of carboxylic acid groups (broad SMARTS) is 2. The lowest BCUT2D eigenvalue weighted by Crippen LogP contribution is -2.08. The number of halogens is 2. The van der Waals surface area contributed by atoms with Gasteiger partial charge in [-0.25, -0.2) is 14.0 Å². The number of carboxylic acids is 2. The van der Waals surface area contributed by atoms with Crippen LogP contribution in [0.4, 0.5) is 4.39 Å². The van der Waals surface area contributed by atoms with E-state index in [0.29, 0.717) is 5.56 Å². The minimum atomic E-state index is -1.33. The average Bonchev–Trinajstić information content (AvgIpc) is 2.38. The molecule has 0 aromatic heterocycles. The molecule has 0 atom stereocenters. The van der Waals surface area contributed by atoms with Crippen molar-refractivity contribution in [2.24, 2.45) is 0 Å². The van der Waals surface area contributed by atoms with Crippen LogP contribution in [0.25, 0.3) is 11.1 Å². The van der Waals surface area contributed by atoms with Crippen molar-refractivity contribution in [3.63, 3.8) is 0 Å². The zero-order chi connectivity index (χ0) is 15.7. The second-order valence-electron chi connectivity index (χ2n) is 4.47. The van der Waals surface area contributed by atoms with Gasteiger partial charge in [0, 0.05) is 16.1 Å². The molecule has 4 nitrogen and oxygen atoms in total. The fourth-order valence-corrected chi connectivity index (χ4v) is 2.26. The molecule has 2 rings (SSSR count). The van der Waals surface area contributed by atoms with Crippen LogP contribution in [0.5, 0.6) is 0 Å². The molecule has 0 amide bonds. The number of hydrogen-bond acceptors (Lipinski definition) is 2. The maximum absolute atomic E-state index is 14.1. The number of aromatic carboxylic acids is 2. The third-order valence-electron chi connectivity index (χ3n) is 2.94. The predicted octanol–water partition coefficient (Wildman–Crippen LogP) is 3.85. The number of aryl methyl sites for hydroxylation is 1. The third kappa shape index (κ3) is 2.87. The van der Waals surface area contributed by atoms with Gasteiger partial charge in [-0.2, -0.15) is 0 Å². The molecule has 2 aromatic carbocycles. The molecule has 0 aliphatic rings. The van der Waals surface area contributed by atoms with Crippen molar-refractivity contribution in [2.45, 2.75) is 6.92 Å². The van der Waals surface area contributed by atoms with Gasteiger partial charge in [-0.05, 0) is 42.8 Å². The molecule has 108 valence electrons. The van der Waals surface area contributed by atoms with Crippen molar-refractivity contribution in [1.29, 1.82) is 0 Å². The highest BCUT2D eigenvalue weighted by Gasteiger charge is 2.23. The summed E-state index contributed by atoms with van der Waals surface area (Å²) in [5.41, 5.74) is -0.367. The van der Waals surface area contributed by atoms with Crippen LogP contribution < -0.4 is 0 Å². The summed E-state index contributed by atoms with van der Waals surface area (Å²) in [6, 6.07) is 6.25. The van der Waals surface area contributed by atoms with Crippen LogP contribution in [0, 0.1) is 12.7 Å².